The number of fused-ring (bicyclic) bond motifs is 5. The zero-order chi connectivity index (χ0) is 18.4. The summed E-state index contributed by atoms with van der Waals surface area (Å²) in [5.41, 5.74) is 2.91. The summed E-state index contributed by atoms with van der Waals surface area (Å²) >= 11 is 0. The van der Waals surface area contributed by atoms with Crippen LogP contribution in [0.2, 0.25) is 0 Å². The SMILES string of the molecule is CC(C)COCCC1CCC2C3CC=C4C[CH-]CCC4(C)C3CCC12C.[Ho]. The first-order valence-electron chi connectivity index (χ1n) is 11.5. The van der Waals surface area contributed by atoms with Crippen LogP contribution in [0.1, 0.15) is 85.5 Å². The quantitative estimate of drug-likeness (QED) is 0.166. The van der Waals surface area contributed by atoms with Gasteiger partial charge in [-0.05, 0) is 78.9 Å². The van der Waals surface area contributed by atoms with Crippen LogP contribution in [-0.2, 0) is 4.74 Å². The molecular formula is C25H41HoO-. The van der Waals surface area contributed by atoms with Crippen molar-refractivity contribution in [3.63, 3.8) is 0 Å². The van der Waals surface area contributed by atoms with Crippen LogP contribution < -0.4 is 0 Å². The Morgan fingerprint density at radius 2 is 1.96 bits per heavy atom. The second kappa shape index (κ2) is 8.99. The number of allylic oxidation sites excluding steroid dienone is 2. The molecule has 6 atom stereocenters. The van der Waals surface area contributed by atoms with Gasteiger partial charge in [-0.15, -0.1) is 0 Å². The van der Waals surface area contributed by atoms with Crippen molar-refractivity contribution < 1.29 is 42.5 Å². The maximum atomic E-state index is 5.96. The minimum Gasteiger partial charge on any atom is -0.381 e. The molecule has 4 aliphatic carbocycles. The molecule has 0 bridgehead atoms. The smallest absolute Gasteiger partial charge is 0.0488 e. The van der Waals surface area contributed by atoms with Gasteiger partial charge in [0, 0.05) is 51.0 Å². The van der Waals surface area contributed by atoms with E-state index in [9.17, 15) is 0 Å². The molecule has 4 rings (SSSR count). The summed E-state index contributed by atoms with van der Waals surface area (Å²) in [6.07, 6.45) is 17.8. The first kappa shape index (κ1) is 22.6. The van der Waals surface area contributed by atoms with E-state index in [4.69, 9.17) is 4.74 Å². The molecule has 0 spiro atoms. The van der Waals surface area contributed by atoms with Gasteiger partial charge in [0.1, 0.15) is 0 Å². The molecule has 1 radical (unpaired) electrons. The Hall–Kier alpha value is 0.960. The van der Waals surface area contributed by atoms with Crippen molar-refractivity contribution in [2.75, 3.05) is 13.2 Å². The first-order chi connectivity index (χ1) is 12.4. The van der Waals surface area contributed by atoms with Crippen LogP contribution in [0.15, 0.2) is 11.6 Å². The second-order valence-electron chi connectivity index (χ2n) is 10.9. The molecule has 0 aliphatic heterocycles. The Kier molecular flexibility index (Phi) is 7.54. The molecule has 0 aromatic rings. The minimum absolute atomic E-state index is 0. The van der Waals surface area contributed by atoms with Crippen LogP contribution in [0.4, 0.5) is 0 Å². The molecule has 0 aromatic heterocycles. The van der Waals surface area contributed by atoms with Gasteiger partial charge in [-0.3, -0.25) is 0 Å². The van der Waals surface area contributed by atoms with Crippen LogP contribution >= 0.6 is 0 Å². The maximum Gasteiger partial charge on any atom is 0.0488 e. The number of hydrogen-bond donors (Lipinski definition) is 0. The third kappa shape index (κ3) is 4.11. The van der Waals surface area contributed by atoms with E-state index in [1.54, 1.807) is 5.57 Å². The normalized spacial score (nSPS) is 43.4. The van der Waals surface area contributed by atoms with Gasteiger partial charge in [0.15, 0.2) is 0 Å². The minimum atomic E-state index is 0. The average molecular weight is 523 g/mol. The van der Waals surface area contributed by atoms with Gasteiger partial charge >= 0.3 is 0 Å². The standard InChI is InChI=1S/C25H41O.Ho/c1-18(2)17-26-16-13-20-9-11-22-21-10-8-19-7-5-6-14-24(19,3)23(21)12-15-25(20,22)4;/h5,8,18,20-23H,6-7,9-17H2,1-4H3;/q-1;. The van der Waals surface area contributed by atoms with Gasteiger partial charge in [-0.25, -0.2) is 0 Å². The summed E-state index contributed by atoms with van der Waals surface area (Å²) in [4.78, 5) is 0. The van der Waals surface area contributed by atoms with Gasteiger partial charge in [-0.2, -0.15) is 12.8 Å². The van der Waals surface area contributed by atoms with Crippen LogP contribution in [0.25, 0.3) is 0 Å². The average Bonchev–Trinajstić information content (AvgIpc) is 2.94. The monoisotopic (exact) mass is 522 g/mol. The van der Waals surface area contributed by atoms with Crippen molar-refractivity contribution in [1.82, 2.24) is 0 Å². The third-order valence-corrected chi connectivity index (χ3v) is 9.12. The van der Waals surface area contributed by atoms with E-state index in [1.807, 2.05) is 0 Å². The number of ether oxygens (including phenoxy) is 1. The van der Waals surface area contributed by atoms with Crippen LogP contribution in [-0.4, -0.2) is 13.2 Å². The second-order valence-corrected chi connectivity index (χ2v) is 10.9. The molecule has 3 saturated carbocycles. The van der Waals surface area contributed by atoms with Gasteiger partial charge in [0.05, 0.1) is 0 Å². The molecule has 1 nitrogen and oxygen atoms in total. The van der Waals surface area contributed by atoms with E-state index in [-0.39, 0.29) is 37.7 Å². The molecule has 4 aliphatic rings. The van der Waals surface area contributed by atoms with E-state index in [1.165, 1.54) is 57.8 Å². The fourth-order valence-corrected chi connectivity index (χ4v) is 7.61. The van der Waals surface area contributed by atoms with Gasteiger partial charge < -0.3 is 11.2 Å². The predicted octanol–water partition coefficient (Wildman–Crippen LogP) is 6.83. The summed E-state index contributed by atoms with van der Waals surface area (Å²) in [5.74, 6) is 4.46. The Morgan fingerprint density at radius 3 is 2.74 bits per heavy atom. The van der Waals surface area contributed by atoms with Crippen molar-refractivity contribution in [3.8, 4) is 0 Å². The van der Waals surface area contributed by atoms with Crippen LogP contribution in [0.5, 0.6) is 0 Å². The van der Waals surface area contributed by atoms with E-state index in [0.29, 0.717) is 16.7 Å². The Balaban J connectivity index is 0.00000210. The predicted molar refractivity (Wildman–Crippen MR) is 110 cm³/mol. The van der Waals surface area contributed by atoms with Gasteiger partial charge in [-0.1, -0.05) is 45.8 Å². The molecule has 0 aromatic carbocycles. The summed E-state index contributed by atoms with van der Waals surface area (Å²) in [7, 11) is 0. The molecule has 2 heteroatoms. The third-order valence-electron chi connectivity index (χ3n) is 9.12. The summed E-state index contributed by atoms with van der Waals surface area (Å²) in [6, 6.07) is 0. The molecule has 3 fully saturated rings. The first-order valence-corrected chi connectivity index (χ1v) is 11.5. The fourth-order valence-electron chi connectivity index (χ4n) is 7.61. The van der Waals surface area contributed by atoms with Crippen LogP contribution in [0, 0.1) is 84.6 Å². The van der Waals surface area contributed by atoms with Crippen LogP contribution in [0.3, 0.4) is 0 Å². The molecule has 0 saturated heterocycles. The van der Waals surface area contributed by atoms with Gasteiger partial charge in [0.25, 0.3) is 0 Å². The molecule has 0 heterocycles. The molecule has 0 amide bonds. The Bertz CT molecular complexity index is 540. The zero-order valence-electron chi connectivity index (χ0n) is 18.0. The van der Waals surface area contributed by atoms with E-state index < -0.39 is 0 Å². The zero-order valence-corrected chi connectivity index (χ0v) is 20.0. The molecular weight excluding hydrogens is 481 g/mol. The van der Waals surface area contributed by atoms with Crippen molar-refractivity contribution in [2.45, 2.75) is 85.5 Å². The Morgan fingerprint density at radius 1 is 1.15 bits per heavy atom. The summed E-state index contributed by atoms with van der Waals surface area (Å²) in [5, 5.41) is 0. The molecule has 159 valence electrons. The fraction of sp³-hybridized carbons (Fsp3) is 0.880. The van der Waals surface area contributed by atoms with Crippen molar-refractivity contribution in [2.24, 2.45) is 40.4 Å². The van der Waals surface area contributed by atoms with Crippen molar-refractivity contribution in [1.29, 1.82) is 0 Å². The summed E-state index contributed by atoms with van der Waals surface area (Å²) in [6.45, 7) is 11.7. The van der Waals surface area contributed by atoms with Gasteiger partial charge in [0.2, 0.25) is 0 Å². The van der Waals surface area contributed by atoms with Crippen molar-refractivity contribution in [3.05, 3.63) is 18.1 Å². The Labute approximate surface area is 198 Å². The largest absolute Gasteiger partial charge is 0.381 e. The van der Waals surface area contributed by atoms with E-state index >= 15 is 0 Å². The summed E-state index contributed by atoms with van der Waals surface area (Å²) < 4.78 is 5.96. The topological polar surface area (TPSA) is 9.23 Å². The number of rotatable bonds is 5. The van der Waals surface area contributed by atoms with Crippen molar-refractivity contribution >= 4 is 0 Å². The molecule has 6 unspecified atom stereocenters. The maximum absolute atomic E-state index is 5.96. The van der Waals surface area contributed by atoms with E-state index in [0.717, 1.165) is 36.9 Å². The van der Waals surface area contributed by atoms with E-state index in [2.05, 4.69) is 40.2 Å². The number of hydrogen-bond acceptors (Lipinski definition) is 1. The molecule has 0 N–H and O–H groups in total. The molecule has 27 heavy (non-hydrogen) atoms.